The monoisotopic (exact) mass is 211 g/mol. The van der Waals surface area contributed by atoms with E-state index in [1.54, 1.807) is 6.07 Å². The second-order valence-electron chi connectivity index (χ2n) is 3.37. The Hall–Kier alpha value is -1.22. The largest absolute Gasteiger partial charge is 0.489 e. The summed E-state index contributed by atoms with van der Waals surface area (Å²) in [5.74, 6) is 0.428. The van der Waals surface area contributed by atoms with E-state index < -0.39 is 0 Å². The maximum atomic E-state index is 10.7. The lowest BCUT2D eigenvalue weighted by molar-refractivity contribution is -0.119. The highest BCUT2D eigenvalue weighted by Gasteiger charge is 2.24. The number of rotatable bonds is 2. The van der Waals surface area contributed by atoms with Gasteiger partial charge in [-0.2, -0.15) is 0 Å². The van der Waals surface area contributed by atoms with Gasteiger partial charge in [0.2, 0.25) is 5.91 Å². The molecule has 1 unspecified atom stereocenters. The van der Waals surface area contributed by atoms with E-state index in [1.807, 2.05) is 12.1 Å². The molecule has 0 radical (unpaired) electrons. The van der Waals surface area contributed by atoms with E-state index in [9.17, 15) is 4.79 Å². The molecule has 2 rings (SSSR count). The number of benzene rings is 1. The van der Waals surface area contributed by atoms with Gasteiger partial charge in [0.15, 0.2) is 0 Å². The highest BCUT2D eigenvalue weighted by molar-refractivity contribution is 6.30. The molecule has 1 atom stereocenters. The minimum atomic E-state index is -0.339. The molecular formula is C10H10ClNO2. The number of fused-ring (bicyclic) bond motifs is 1. The molecule has 1 aliphatic heterocycles. The second-order valence-corrected chi connectivity index (χ2v) is 3.80. The molecular weight excluding hydrogens is 202 g/mol. The van der Waals surface area contributed by atoms with E-state index in [4.69, 9.17) is 22.1 Å². The first-order valence-electron chi connectivity index (χ1n) is 4.38. The van der Waals surface area contributed by atoms with Gasteiger partial charge in [-0.25, -0.2) is 0 Å². The number of primary amides is 1. The van der Waals surface area contributed by atoms with Gasteiger partial charge in [0, 0.05) is 11.4 Å². The molecule has 1 aromatic rings. The van der Waals surface area contributed by atoms with Crippen LogP contribution >= 0.6 is 11.6 Å². The Morgan fingerprint density at radius 1 is 1.64 bits per heavy atom. The predicted molar refractivity (Wildman–Crippen MR) is 53.4 cm³/mol. The van der Waals surface area contributed by atoms with Gasteiger partial charge in [-0.1, -0.05) is 17.7 Å². The van der Waals surface area contributed by atoms with Crippen LogP contribution in [0.4, 0.5) is 0 Å². The third-order valence-corrected chi connectivity index (χ3v) is 2.43. The van der Waals surface area contributed by atoms with Crippen LogP contribution in [0.1, 0.15) is 12.0 Å². The Labute approximate surface area is 86.8 Å². The summed E-state index contributed by atoms with van der Waals surface area (Å²) in [5.41, 5.74) is 6.18. The van der Waals surface area contributed by atoms with Gasteiger partial charge in [-0.15, -0.1) is 0 Å². The van der Waals surface area contributed by atoms with Gasteiger partial charge in [-0.3, -0.25) is 4.79 Å². The topological polar surface area (TPSA) is 52.3 Å². The van der Waals surface area contributed by atoms with Crippen molar-refractivity contribution >= 4 is 17.5 Å². The molecule has 74 valence electrons. The van der Waals surface area contributed by atoms with Crippen molar-refractivity contribution in [2.75, 3.05) is 0 Å². The molecule has 0 saturated heterocycles. The van der Waals surface area contributed by atoms with Crippen LogP contribution in [-0.4, -0.2) is 12.0 Å². The van der Waals surface area contributed by atoms with Crippen LogP contribution in [-0.2, 0) is 11.2 Å². The molecule has 2 N–H and O–H groups in total. The highest BCUT2D eigenvalue weighted by atomic mass is 35.5. The number of ether oxygens (including phenoxy) is 1. The normalized spacial score (nSPS) is 18.8. The first-order chi connectivity index (χ1) is 6.65. The van der Waals surface area contributed by atoms with Crippen molar-refractivity contribution in [3.05, 3.63) is 28.8 Å². The number of carbonyl (C=O) groups is 1. The fourth-order valence-corrected chi connectivity index (χ4v) is 1.77. The van der Waals surface area contributed by atoms with Crippen molar-refractivity contribution < 1.29 is 9.53 Å². The summed E-state index contributed by atoms with van der Waals surface area (Å²) in [4.78, 5) is 10.7. The Bertz CT molecular complexity index is 378. The third-order valence-electron chi connectivity index (χ3n) is 2.20. The quantitative estimate of drug-likeness (QED) is 0.807. The van der Waals surface area contributed by atoms with Gasteiger partial charge in [0.05, 0.1) is 6.42 Å². The Kier molecular flexibility index (Phi) is 2.33. The third kappa shape index (κ3) is 1.82. The predicted octanol–water partition coefficient (Wildman–Crippen LogP) is 1.52. The minimum absolute atomic E-state index is 0.124. The van der Waals surface area contributed by atoms with Crippen molar-refractivity contribution in [1.29, 1.82) is 0 Å². The molecule has 0 bridgehead atoms. The lowest BCUT2D eigenvalue weighted by atomic mass is 10.1. The molecule has 4 heteroatoms. The van der Waals surface area contributed by atoms with Gasteiger partial charge in [0.25, 0.3) is 0 Å². The van der Waals surface area contributed by atoms with Crippen LogP contribution < -0.4 is 10.5 Å². The lowest BCUT2D eigenvalue weighted by Gasteiger charge is -2.06. The first kappa shape index (κ1) is 9.34. The maximum absolute atomic E-state index is 10.7. The summed E-state index contributed by atoms with van der Waals surface area (Å²) >= 11 is 5.81. The zero-order valence-electron chi connectivity index (χ0n) is 7.50. The average molecular weight is 212 g/mol. The van der Waals surface area contributed by atoms with Gasteiger partial charge < -0.3 is 10.5 Å². The smallest absolute Gasteiger partial charge is 0.221 e. The van der Waals surface area contributed by atoms with Crippen molar-refractivity contribution in [2.45, 2.75) is 18.9 Å². The number of nitrogens with two attached hydrogens (primary N) is 1. The summed E-state index contributed by atoms with van der Waals surface area (Å²) in [6.45, 7) is 0. The van der Waals surface area contributed by atoms with Crippen molar-refractivity contribution in [3.8, 4) is 5.75 Å². The number of halogens is 1. The van der Waals surface area contributed by atoms with Crippen molar-refractivity contribution in [3.63, 3.8) is 0 Å². The summed E-state index contributed by atoms with van der Waals surface area (Å²) in [6.07, 6.45) is 0.864. The van der Waals surface area contributed by atoms with Gasteiger partial charge >= 0.3 is 0 Å². The van der Waals surface area contributed by atoms with E-state index >= 15 is 0 Å². The first-order valence-corrected chi connectivity index (χ1v) is 4.76. The van der Waals surface area contributed by atoms with E-state index in [-0.39, 0.29) is 18.4 Å². The van der Waals surface area contributed by atoms with Crippen LogP contribution in [0.5, 0.6) is 5.75 Å². The fraction of sp³-hybridized carbons (Fsp3) is 0.300. The Balaban J connectivity index is 2.14. The molecule has 1 aliphatic rings. The molecule has 0 aliphatic carbocycles. The number of carbonyl (C=O) groups excluding carboxylic acids is 1. The number of hydrogen-bond donors (Lipinski definition) is 1. The lowest BCUT2D eigenvalue weighted by Crippen LogP contribution is -2.23. The molecule has 0 saturated carbocycles. The molecule has 1 amide bonds. The Morgan fingerprint density at radius 2 is 2.43 bits per heavy atom. The van der Waals surface area contributed by atoms with E-state index in [1.165, 1.54) is 0 Å². The van der Waals surface area contributed by atoms with Gasteiger partial charge in [-0.05, 0) is 17.7 Å². The molecule has 1 aromatic carbocycles. The zero-order valence-corrected chi connectivity index (χ0v) is 8.25. The summed E-state index contributed by atoms with van der Waals surface area (Å²) in [5, 5.41) is 0.642. The number of amides is 1. The second kappa shape index (κ2) is 3.50. The summed E-state index contributed by atoms with van der Waals surface area (Å²) in [7, 11) is 0. The molecule has 0 fully saturated rings. The highest BCUT2D eigenvalue weighted by Crippen LogP contribution is 2.32. The minimum Gasteiger partial charge on any atom is -0.489 e. The van der Waals surface area contributed by atoms with E-state index in [0.29, 0.717) is 5.02 Å². The van der Waals surface area contributed by atoms with Crippen LogP contribution in [0.2, 0.25) is 5.02 Å². The number of hydrogen-bond acceptors (Lipinski definition) is 2. The maximum Gasteiger partial charge on any atom is 0.221 e. The van der Waals surface area contributed by atoms with Crippen LogP contribution in [0.3, 0.4) is 0 Å². The standard InChI is InChI=1S/C10H10ClNO2/c11-7-2-1-6-3-8(5-10(12)13)14-9(6)4-7/h1-2,4,8H,3,5H2,(H2,12,13). The van der Waals surface area contributed by atoms with E-state index in [0.717, 1.165) is 17.7 Å². The molecule has 14 heavy (non-hydrogen) atoms. The van der Waals surface area contributed by atoms with E-state index in [2.05, 4.69) is 0 Å². The summed E-state index contributed by atoms with van der Waals surface area (Å²) < 4.78 is 5.51. The van der Waals surface area contributed by atoms with Crippen LogP contribution in [0, 0.1) is 0 Å². The molecule has 0 spiro atoms. The van der Waals surface area contributed by atoms with Gasteiger partial charge in [0.1, 0.15) is 11.9 Å². The van der Waals surface area contributed by atoms with Crippen molar-refractivity contribution in [2.24, 2.45) is 5.73 Å². The van der Waals surface area contributed by atoms with Crippen molar-refractivity contribution in [1.82, 2.24) is 0 Å². The summed E-state index contributed by atoms with van der Waals surface area (Å²) in [6, 6.07) is 5.49. The van der Waals surface area contributed by atoms with Crippen LogP contribution in [0.15, 0.2) is 18.2 Å². The SMILES string of the molecule is NC(=O)CC1Cc2ccc(Cl)cc2O1. The zero-order chi connectivity index (χ0) is 10.1. The van der Waals surface area contributed by atoms with Crippen LogP contribution in [0.25, 0.3) is 0 Å². The fourth-order valence-electron chi connectivity index (χ4n) is 1.61. The Morgan fingerprint density at radius 3 is 3.14 bits per heavy atom. The average Bonchev–Trinajstić information content (AvgIpc) is 2.44. The molecule has 0 aromatic heterocycles. The molecule has 1 heterocycles. The molecule has 3 nitrogen and oxygen atoms in total.